The molecule has 2 aromatic rings. The van der Waals surface area contributed by atoms with Gasteiger partial charge in [-0.15, -0.1) is 0 Å². The summed E-state index contributed by atoms with van der Waals surface area (Å²) in [6.07, 6.45) is 3.84. The molecule has 1 atom stereocenters. The number of furan rings is 1. The molecule has 0 aliphatic carbocycles. The topological polar surface area (TPSA) is 92.1 Å². The van der Waals surface area contributed by atoms with E-state index in [9.17, 15) is 13.2 Å². The van der Waals surface area contributed by atoms with Crippen LogP contribution in [0.1, 0.15) is 35.0 Å². The molecule has 0 bridgehead atoms. The molecule has 0 unspecified atom stereocenters. The Kier molecular flexibility index (Phi) is 6.98. The van der Waals surface area contributed by atoms with Crippen LogP contribution in [0.25, 0.3) is 0 Å². The van der Waals surface area contributed by atoms with Gasteiger partial charge in [-0.25, -0.2) is 8.42 Å². The van der Waals surface area contributed by atoms with Gasteiger partial charge in [0.2, 0.25) is 10.0 Å². The van der Waals surface area contributed by atoms with Gasteiger partial charge < -0.3 is 14.5 Å². The number of amides is 1. The third-order valence-corrected chi connectivity index (χ3v) is 7.92. The van der Waals surface area contributed by atoms with Crippen LogP contribution in [0, 0.1) is 0 Å². The van der Waals surface area contributed by atoms with Gasteiger partial charge in [-0.05, 0) is 56.3 Å². The first-order valence-corrected chi connectivity index (χ1v) is 12.2. The fourth-order valence-electron chi connectivity index (χ4n) is 4.00. The Morgan fingerprint density at radius 3 is 2.55 bits per heavy atom. The number of benzene rings is 1. The molecule has 4 rings (SSSR count). The number of hydrogen-bond donors (Lipinski definition) is 1. The summed E-state index contributed by atoms with van der Waals surface area (Å²) < 4.78 is 38.1. The minimum Gasteiger partial charge on any atom is -0.468 e. The third-order valence-electron chi connectivity index (χ3n) is 5.70. The van der Waals surface area contributed by atoms with Crippen LogP contribution < -0.4 is 5.32 Å². The predicted molar refractivity (Wildman–Crippen MR) is 116 cm³/mol. The molecule has 3 heterocycles. The van der Waals surface area contributed by atoms with Gasteiger partial charge in [-0.2, -0.15) is 4.31 Å². The van der Waals surface area contributed by atoms with Crippen LogP contribution in [-0.4, -0.2) is 69.5 Å². The normalized spacial score (nSPS) is 19.4. The zero-order valence-corrected chi connectivity index (χ0v) is 18.7. The summed E-state index contributed by atoms with van der Waals surface area (Å²) in [6, 6.07) is 7.88. The summed E-state index contributed by atoms with van der Waals surface area (Å²) in [5.74, 6) is 0.372. The van der Waals surface area contributed by atoms with Crippen molar-refractivity contribution in [3.05, 3.63) is 52.9 Å². The van der Waals surface area contributed by atoms with Crippen molar-refractivity contribution < 1.29 is 22.4 Å². The van der Waals surface area contributed by atoms with Crippen molar-refractivity contribution in [2.24, 2.45) is 0 Å². The SMILES string of the molecule is O=C(NC[C@@H](c1ccco1)N1CCCC1)c1cc(S(=O)(=O)N2CCOCC2)ccc1Cl. The van der Waals surface area contributed by atoms with E-state index >= 15 is 0 Å². The van der Waals surface area contributed by atoms with Crippen molar-refractivity contribution in [3.8, 4) is 0 Å². The van der Waals surface area contributed by atoms with E-state index in [-0.39, 0.29) is 34.6 Å². The van der Waals surface area contributed by atoms with Crippen molar-refractivity contribution >= 4 is 27.5 Å². The lowest BCUT2D eigenvalue weighted by atomic mass is 10.1. The summed E-state index contributed by atoms with van der Waals surface area (Å²) in [5, 5.41) is 3.11. The fourth-order valence-corrected chi connectivity index (χ4v) is 5.64. The zero-order valence-electron chi connectivity index (χ0n) is 17.1. The number of carbonyl (C=O) groups excluding carboxylic acids is 1. The van der Waals surface area contributed by atoms with E-state index in [2.05, 4.69) is 10.2 Å². The van der Waals surface area contributed by atoms with Crippen LogP contribution in [0.3, 0.4) is 0 Å². The first kappa shape index (κ1) is 22.3. The number of sulfonamides is 1. The van der Waals surface area contributed by atoms with E-state index in [1.165, 1.54) is 22.5 Å². The summed E-state index contributed by atoms with van der Waals surface area (Å²) in [7, 11) is -3.72. The molecule has 8 nitrogen and oxygen atoms in total. The Morgan fingerprint density at radius 2 is 1.87 bits per heavy atom. The predicted octanol–water partition coefficient (Wildman–Crippen LogP) is 2.52. The molecule has 1 amide bonds. The molecule has 2 aliphatic rings. The average molecular weight is 468 g/mol. The molecule has 31 heavy (non-hydrogen) atoms. The maximum Gasteiger partial charge on any atom is 0.252 e. The number of morpholine rings is 1. The summed E-state index contributed by atoms with van der Waals surface area (Å²) in [4.78, 5) is 15.3. The summed E-state index contributed by atoms with van der Waals surface area (Å²) >= 11 is 6.25. The molecular weight excluding hydrogens is 442 g/mol. The van der Waals surface area contributed by atoms with Gasteiger partial charge in [0, 0.05) is 19.6 Å². The number of hydrogen-bond acceptors (Lipinski definition) is 6. The third kappa shape index (κ3) is 4.96. The van der Waals surface area contributed by atoms with Gasteiger partial charge in [0.1, 0.15) is 5.76 Å². The highest BCUT2D eigenvalue weighted by molar-refractivity contribution is 7.89. The van der Waals surface area contributed by atoms with Gasteiger partial charge in [0.05, 0.1) is 41.0 Å². The molecule has 0 saturated carbocycles. The molecule has 0 spiro atoms. The van der Waals surface area contributed by atoms with Gasteiger partial charge >= 0.3 is 0 Å². The van der Waals surface area contributed by atoms with Gasteiger partial charge in [0.15, 0.2) is 0 Å². The lowest BCUT2D eigenvalue weighted by Gasteiger charge is -2.26. The second kappa shape index (κ2) is 9.70. The average Bonchev–Trinajstić information content (AvgIpc) is 3.50. The second-order valence-electron chi connectivity index (χ2n) is 7.64. The summed E-state index contributed by atoms with van der Waals surface area (Å²) in [5.41, 5.74) is 0.135. The minimum absolute atomic E-state index is 0.0473. The Balaban J connectivity index is 1.51. The summed E-state index contributed by atoms with van der Waals surface area (Å²) in [6.45, 7) is 3.49. The van der Waals surface area contributed by atoms with Gasteiger partial charge in [-0.3, -0.25) is 9.69 Å². The van der Waals surface area contributed by atoms with Crippen molar-refractivity contribution in [2.45, 2.75) is 23.8 Å². The van der Waals surface area contributed by atoms with Crippen molar-refractivity contribution in [3.63, 3.8) is 0 Å². The van der Waals surface area contributed by atoms with Crippen molar-refractivity contribution in [1.29, 1.82) is 0 Å². The van der Waals surface area contributed by atoms with E-state index in [1.807, 2.05) is 12.1 Å². The number of ether oxygens (including phenoxy) is 1. The molecule has 2 saturated heterocycles. The van der Waals surface area contributed by atoms with E-state index < -0.39 is 15.9 Å². The van der Waals surface area contributed by atoms with Gasteiger partial charge in [0.25, 0.3) is 5.91 Å². The lowest BCUT2D eigenvalue weighted by Crippen LogP contribution is -2.40. The Labute approximate surface area is 187 Å². The number of carbonyl (C=O) groups is 1. The van der Waals surface area contributed by atoms with E-state index in [4.69, 9.17) is 20.8 Å². The fraction of sp³-hybridized carbons (Fsp3) is 0.476. The van der Waals surface area contributed by atoms with Crippen LogP contribution in [0.15, 0.2) is 45.9 Å². The number of likely N-dealkylation sites (tertiary alicyclic amines) is 1. The van der Waals surface area contributed by atoms with E-state index in [1.54, 1.807) is 6.26 Å². The monoisotopic (exact) mass is 467 g/mol. The van der Waals surface area contributed by atoms with Crippen LogP contribution in [0.2, 0.25) is 5.02 Å². The minimum atomic E-state index is -3.72. The van der Waals surface area contributed by atoms with Crippen molar-refractivity contribution in [2.75, 3.05) is 45.9 Å². The molecule has 10 heteroatoms. The Bertz CT molecular complexity index is 1000. The number of halogens is 1. The van der Waals surface area contributed by atoms with Gasteiger partial charge in [-0.1, -0.05) is 11.6 Å². The van der Waals surface area contributed by atoms with Crippen LogP contribution in [0.4, 0.5) is 0 Å². The molecule has 1 aromatic heterocycles. The molecule has 2 fully saturated rings. The van der Waals surface area contributed by atoms with Crippen LogP contribution in [-0.2, 0) is 14.8 Å². The first-order chi connectivity index (χ1) is 15.0. The smallest absolute Gasteiger partial charge is 0.252 e. The highest BCUT2D eigenvalue weighted by Gasteiger charge is 2.29. The maximum atomic E-state index is 12.9. The largest absolute Gasteiger partial charge is 0.468 e. The molecule has 1 N–H and O–H groups in total. The van der Waals surface area contributed by atoms with Crippen LogP contribution in [0.5, 0.6) is 0 Å². The molecule has 2 aliphatic heterocycles. The lowest BCUT2D eigenvalue weighted by molar-refractivity contribution is 0.0730. The standard InChI is InChI=1S/C21H26ClN3O5S/c22-18-6-5-16(31(27,28)25-9-12-29-13-10-25)14-17(18)21(26)23-15-19(20-4-3-11-30-20)24-7-1-2-8-24/h3-6,11,14,19H,1-2,7-10,12-13,15H2,(H,23,26)/t19-/m0/s1. The Morgan fingerprint density at radius 1 is 1.13 bits per heavy atom. The maximum absolute atomic E-state index is 12.9. The highest BCUT2D eigenvalue weighted by atomic mass is 35.5. The number of nitrogens with zero attached hydrogens (tertiary/aromatic N) is 2. The zero-order chi connectivity index (χ0) is 21.8. The molecular formula is C21H26ClN3O5S. The van der Waals surface area contributed by atoms with E-state index in [0.717, 1.165) is 31.7 Å². The van der Waals surface area contributed by atoms with E-state index in [0.29, 0.717) is 19.8 Å². The number of nitrogens with one attached hydrogen (secondary N) is 1. The number of rotatable bonds is 7. The quantitative estimate of drug-likeness (QED) is 0.672. The molecule has 0 radical (unpaired) electrons. The van der Waals surface area contributed by atoms with Crippen LogP contribution >= 0.6 is 11.6 Å². The second-order valence-corrected chi connectivity index (χ2v) is 9.99. The molecule has 168 valence electrons. The highest BCUT2D eigenvalue weighted by Crippen LogP contribution is 2.26. The first-order valence-electron chi connectivity index (χ1n) is 10.4. The Hall–Kier alpha value is -1.91. The molecule has 1 aromatic carbocycles. The van der Waals surface area contributed by atoms with Crippen molar-refractivity contribution in [1.82, 2.24) is 14.5 Å².